The van der Waals surface area contributed by atoms with Crippen molar-refractivity contribution in [1.82, 2.24) is 10.6 Å². The highest BCUT2D eigenvalue weighted by Gasteiger charge is 2.43. The molecule has 4 aromatic carbocycles. The molecule has 4 unspecified atom stereocenters. The number of nitrogens with one attached hydrogen (secondary N) is 2. The Balaban J connectivity index is 1.26. The first kappa shape index (κ1) is 35.6. The average Bonchev–Trinajstić information content (AvgIpc) is 3.93. The standard InChI is InChI=1S/C38H40N4O8S2/c1-22-8-11-26-33(18-22)51(47,48)42(3)32-13-10-23(19-30(32)38(26)40-17-15-36(45)46)28-21-29(28)24-9-12-27-34(20-24)52(49,50)41(2)31-7-5-4-6-25(31)37(27)39-16-14-35(43)44/h4-13,18-20,28-29,37-40H,14-17,21H2,1-3H3,(H,43,44)(H,45,46). The van der Waals surface area contributed by atoms with Crippen LogP contribution in [0.2, 0.25) is 0 Å². The minimum atomic E-state index is -3.98. The van der Waals surface area contributed by atoms with E-state index in [0.717, 1.165) is 28.7 Å². The van der Waals surface area contributed by atoms with E-state index >= 15 is 0 Å². The molecule has 2 heterocycles. The van der Waals surface area contributed by atoms with Gasteiger partial charge in [0.15, 0.2) is 0 Å². The Labute approximate surface area is 303 Å². The first-order chi connectivity index (χ1) is 24.7. The van der Waals surface area contributed by atoms with Crippen LogP contribution < -0.4 is 19.2 Å². The van der Waals surface area contributed by atoms with Gasteiger partial charge in [0.25, 0.3) is 20.0 Å². The number of hydrogen-bond donors (Lipinski definition) is 4. The number of carboxylic acid groups (broad SMARTS) is 2. The quantitative estimate of drug-likeness (QED) is 0.176. The van der Waals surface area contributed by atoms with Gasteiger partial charge in [-0.3, -0.25) is 18.2 Å². The van der Waals surface area contributed by atoms with Crippen molar-refractivity contribution in [2.75, 3.05) is 35.8 Å². The number of para-hydroxylation sites is 1. The molecule has 0 radical (unpaired) electrons. The molecule has 12 nitrogen and oxygen atoms in total. The number of sulfonamides is 2. The van der Waals surface area contributed by atoms with E-state index in [1.165, 1.54) is 22.7 Å². The topological polar surface area (TPSA) is 173 Å². The number of fused-ring (bicyclic) bond motifs is 4. The van der Waals surface area contributed by atoms with Crippen LogP contribution in [0.25, 0.3) is 0 Å². The van der Waals surface area contributed by atoms with Crippen LogP contribution in [-0.2, 0) is 29.6 Å². The molecule has 2 aliphatic heterocycles. The van der Waals surface area contributed by atoms with E-state index in [9.17, 15) is 36.6 Å². The molecular formula is C38H40N4O8S2. The fourth-order valence-electron chi connectivity index (χ4n) is 7.59. The van der Waals surface area contributed by atoms with Crippen LogP contribution in [0.3, 0.4) is 0 Å². The molecule has 272 valence electrons. The zero-order chi connectivity index (χ0) is 37.1. The highest BCUT2D eigenvalue weighted by Crippen LogP contribution is 2.56. The van der Waals surface area contributed by atoms with Crippen molar-refractivity contribution in [3.63, 3.8) is 0 Å². The minimum Gasteiger partial charge on any atom is -0.481 e. The van der Waals surface area contributed by atoms with E-state index in [-0.39, 0.29) is 47.6 Å². The summed E-state index contributed by atoms with van der Waals surface area (Å²) in [5, 5.41) is 25.2. The van der Waals surface area contributed by atoms with Gasteiger partial charge in [0, 0.05) is 27.2 Å². The number of rotatable bonds is 10. The van der Waals surface area contributed by atoms with Crippen molar-refractivity contribution in [3.05, 3.63) is 118 Å². The van der Waals surface area contributed by atoms with Crippen LogP contribution in [0, 0.1) is 6.92 Å². The predicted molar refractivity (Wildman–Crippen MR) is 196 cm³/mol. The van der Waals surface area contributed by atoms with Crippen molar-refractivity contribution in [2.24, 2.45) is 0 Å². The second-order valence-corrected chi connectivity index (χ2v) is 17.5. The number of carbonyl (C=O) groups is 2. The van der Waals surface area contributed by atoms with Gasteiger partial charge in [-0.15, -0.1) is 0 Å². The summed E-state index contributed by atoms with van der Waals surface area (Å²) in [5.41, 5.74) is 6.12. The molecule has 0 aromatic heterocycles. The zero-order valence-corrected chi connectivity index (χ0v) is 30.5. The van der Waals surface area contributed by atoms with Gasteiger partial charge >= 0.3 is 11.9 Å². The van der Waals surface area contributed by atoms with E-state index in [2.05, 4.69) is 10.6 Å². The van der Waals surface area contributed by atoms with Crippen LogP contribution in [-0.4, -0.2) is 66.2 Å². The lowest BCUT2D eigenvalue weighted by Gasteiger charge is -2.23. The van der Waals surface area contributed by atoms with E-state index in [1.54, 1.807) is 36.4 Å². The molecule has 3 aliphatic rings. The summed E-state index contributed by atoms with van der Waals surface area (Å²) >= 11 is 0. The molecule has 7 rings (SSSR count). The third-order valence-electron chi connectivity index (χ3n) is 10.4. The summed E-state index contributed by atoms with van der Waals surface area (Å²) in [7, 11) is -4.85. The molecule has 4 N–H and O–H groups in total. The summed E-state index contributed by atoms with van der Waals surface area (Å²) in [6.07, 6.45) is 0.481. The summed E-state index contributed by atoms with van der Waals surface area (Å²) in [6, 6.07) is 22.5. The van der Waals surface area contributed by atoms with Gasteiger partial charge in [-0.2, -0.15) is 0 Å². The molecular weight excluding hydrogens is 705 g/mol. The largest absolute Gasteiger partial charge is 0.481 e. The maximum atomic E-state index is 14.1. The van der Waals surface area contributed by atoms with E-state index < -0.39 is 44.1 Å². The van der Waals surface area contributed by atoms with Crippen LogP contribution in [0.1, 0.15) is 82.1 Å². The lowest BCUT2D eigenvalue weighted by molar-refractivity contribution is -0.137. The Morgan fingerprint density at radius 1 is 0.654 bits per heavy atom. The summed E-state index contributed by atoms with van der Waals surface area (Å²) in [6.45, 7) is 2.10. The lowest BCUT2D eigenvalue weighted by atomic mass is 9.92. The molecule has 0 saturated heterocycles. The second-order valence-electron chi connectivity index (χ2n) is 13.7. The summed E-state index contributed by atoms with van der Waals surface area (Å²) in [5.74, 6) is -1.90. The average molecular weight is 745 g/mol. The van der Waals surface area contributed by atoms with Crippen LogP contribution in [0.4, 0.5) is 11.4 Å². The molecule has 14 heteroatoms. The van der Waals surface area contributed by atoms with Gasteiger partial charge in [-0.1, -0.05) is 54.6 Å². The van der Waals surface area contributed by atoms with E-state index in [4.69, 9.17) is 0 Å². The molecule has 52 heavy (non-hydrogen) atoms. The van der Waals surface area contributed by atoms with Crippen molar-refractivity contribution in [2.45, 2.75) is 59.9 Å². The van der Waals surface area contributed by atoms with Gasteiger partial charge in [0.2, 0.25) is 0 Å². The van der Waals surface area contributed by atoms with E-state index in [0.29, 0.717) is 28.1 Å². The lowest BCUT2D eigenvalue weighted by Crippen LogP contribution is -2.26. The molecule has 1 saturated carbocycles. The van der Waals surface area contributed by atoms with Crippen molar-refractivity contribution < 1.29 is 36.6 Å². The fourth-order valence-corrected chi connectivity index (χ4v) is 10.6. The number of benzene rings is 4. The van der Waals surface area contributed by atoms with Gasteiger partial charge in [0.1, 0.15) is 0 Å². The molecule has 1 fully saturated rings. The van der Waals surface area contributed by atoms with Crippen molar-refractivity contribution in [1.29, 1.82) is 0 Å². The number of hydrogen-bond acceptors (Lipinski definition) is 8. The third-order valence-corrected chi connectivity index (χ3v) is 14.1. The Morgan fingerprint density at radius 3 is 1.77 bits per heavy atom. The number of aliphatic carboxylic acids is 2. The maximum Gasteiger partial charge on any atom is 0.304 e. The Hall–Kier alpha value is -4.76. The number of aryl methyl sites for hydroxylation is 1. The Morgan fingerprint density at radius 2 is 1.15 bits per heavy atom. The highest BCUT2D eigenvalue weighted by atomic mass is 32.2. The van der Waals surface area contributed by atoms with Crippen LogP contribution in [0.5, 0.6) is 0 Å². The van der Waals surface area contributed by atoms with Crippen LogP contribution >= 0.6 is 0 Å². The normalized spacial score (nSPS) is 22.2. The van der Waals surface area contributed by atoms with Gasteiger partial charge < -0.3 is 20.8 Å². The van der Waals surface area contributed by atoms with Crippen LogP contribution in [0.15, 0.2) is 88.7 Å². The number of carboxylic acids is 2. The Bertz CT molecular complexity index is 2330. The zero-order valence-electron chi connectivity index (χ0n) is 28.9. The Kier molecular flexibility index (Phi) is 9.14. The first-order valence-corrected chi connectivity index (χ1v) is 19.9. The fraction of sp³-hybridized carbons (Fsp3) is 0.316. The van der Waals surface area contributed by atoms with Gasteiger partial charge in [-0.05, 0) is 88.4 Å². The predicted octanol–water partition coefficient (Wildman–Crippen LogP) is 4.85. The second kappa shape index (κ2) is 13.3. The maximum absolute atomic E-state index is 14.1. The number of anilines is 2. The van der Waals surface area contributed by atoms with Gasteiger partial charge in [0.05, 0.1) is 46.1 Å². The molecule has 0 bridgehead atoms. The number of nitrogens with zero attached hydrogens (tertiary/aromatic N) is 2. The summed E-state index contributed by atoms with van der Waals surface area (Å²) < 4.78 is 58.5. The van der Waals surface area contributed by atoms with Crippen molar-refractivity contribution in [3.8, 4) is 0 Å². The van der Waals surface area contributed by atoms with Crippen molar-refractivity contribution >= 4 is 43.4 Å². The molecule has 0 spiro atoms. The first-order valence-electron chi connectivity index (χ1n) is 17.1. The monoisotopic (exact) mass is 744 g/mol. The highest BCUT2D eigenvalue weighted by molar-refractivity contribution is 7.93. The van der Waals surface area contributed by atoms with Gasteiger partial charge in [-0.25, -0.2) is 16.8 Å². The minimum absolute atomic E-state index is 0.00602. The molecule has 4 aromatic rings. The van der Waals surface area contributed by atoms with E-state index in [1.807, 2.05) is 49.4 Å². The summed E-state index contributed by atoms with van der Waals surface area (Å²) in [4.78, 5) is 23.1. The third kappa shape index (κ3) is 6.23. The molecule has 4 atom stereocenters. The molecule has 1 aliphatic carbocycles. The molecule has 0 amide bonds. The smallest absolute Gasteiger partial charge is 0.304 e. The SMILES string of the molecule is Cc1ccc2c(c1)S(=O)(=O)N(C)c1ccc(C3CC3c3ccc4c(c3)S(=O)(=O)N(C)c3ccccc3C4NCCC(=O)O)cc1C2NCCC(=O)O.